The number of alkyl halides is 3. The van der Waals surface area contributed by atoms with Gasteiger partial charge in [-0.25, -0.2) is 4.98 Å². The lowest BCUT2D eigenvalue weighted by Gasteiger charge is -2.39. The van der Waals surface area contributed by atoms with Gasteiger partial charge >= 0.3 is 6.18 Å². The first-order valence-electron chi connectivity index (χ1n) is 6.03. The Morgan fingerprint density at radius 2 is 1.89 bits per heavy atom. The smallest absolute Gasteiger partial charge is 0.321 e. The van der Waals surface area contributed by atoms with Gasteiger partial charge in [0.1, 0.15) is 0 Å². The minimum Gasteiger partial charge on any atom is -0.321 e. The molecule has 2 unspecified atom stereocenters. The summed E-state index contributed by atoms with van der Waals surface area (Å²) >= 11 is 0.688. The van der Waals surface area contributed by atoms with Gasteiger partial charge in [-0.2, -0.15) is 13.2 Å². The van der Waals surface area contributed by atoms with Gasteiger partial charge in [-0.15, -0.1) is 11.3 Å². The summed E-state index contributed by atoms with van der Waals surface area (Å²) in [6, 6.07) is 0. The van der Waals surface area contributed by atoms with Crippen LogP contribution in [0.15, 0.2) is 6.20 Å². The van der Waals surface area contributed by atoms with Crippen molar-refractivity contribution in [2.24, 2.45) is 17.6 Å². The molecule has 1 aliphatic rings. The van der Waals surface area contributed by atoms with Crippen LogP contribution in [-0.4, -0.2) is 4.98 Å². The average molecular weight is 278 g/mol. The minimum absolute atomic E-state index is 0.440. The Kier molecular flexibility index (Phi) is 3.44. The van der Waals surface area contributed by atoms with E-state index >= 15 is 0 Å². The Morgan fingerprint density at radius 1 is 1.33 bits per heavy atom. The molecule has 0 aliphatic heterocycles. The third-order valence-electron chi connectivity index (χ3n) is 3.47. The lowest BCUT2D eigenvalue weighted by atomic mass is 9.72. The van der Waals surface area contributed by atoms with Crippen LogP contribution in [0.3, 0.4) is 0 Å². The second-order valence-corrected chi connectivity index (χ2v) is 6.57. The highest BCUT2D eigenvalue weighted by Gasteiger charge is 2.41. The van der Waals surface area contributed by atoms with Crippen molar-refractivity contribution in [1.82, 2.24) is 4.98 Å². The first-order valence-corrected chi connectivity index (χ1v) is 6.85. The van der Waals surface area contributed by atoms with Crippen LogP contribution in [0.4, 0.5) is 13.2 Å². The highest BCUT2D eigenvalue weighted by molar-refractivity contribution is 7.11. The first-order chi connectivity index (χ1) is 8.21. The maximum absolute atomic E-state index is 12.6. The molecule has 0 amide bonds. The van der Waals surface area contributed by atoms with Crippen LogP contribution >= 0.6 is 11.3 Å². The van der Waals surface area contributed by atoms with Crippen molar-refractivity contribution in [3.05, 3.63) is 16.1 Å². The summed E-state index contributed by atoms with van der Waals surface area (Å²) in [4.78, 5) is 4.03. The van der Waals surface area contributed by atoms with Crippen molar-refractivity contribution < 1.29 is 13.2 Å². The fourth-order valence-electron chi connectivity index (χ4n) is 3.02. The van der Waals surface area contributed by atoms with E-state index in [4.69, 9.17) is 5.73 Å². The molecule has 1 heterocycles. The van der Waals surface area contributed by atoms with Crippen LogP contribution in [0.2, 0.25) is 0 Å². The molecule has 1 fully saturated rings. The number of nitrogens with zero attached hydrogens (tertiary/aromatic N) is 1. The van der Waals surface area contributed by atoms with Gasteiger partial charge in [-0.05, 0) is 31.1 Å². The van der Waals surface area contributed by atoms with Gasteiger partial charge in [-0.1, -0.05) is 13.8 Å². The van der Waals surface area contributed by atoms with Crippen LogP contribution in [0.25, 0.3) is 0 Å². The lowest BCUT2D eigenvalue weighted by molar-refractivity contribution is -0.137. The summed E-state index contributed by atoms with van der Waals surface area (Å²) in [6.07, 6.45) is -0.513. The Morgan fingerprint density at radius 3 is 2.33 bits per heavy atom. The van der Waals surface area contributed by atoms with Gasteiger partial charge in [0.25, 0.3) is 0 Å². The lowest BCUT2D eigenvalue weighted by Crippen LogP contribution is -2.42. The molecule has 2 atom stereocenters. The topological polar surface area (TPSA) is 38.9 Å². The van der Waals surface area contributed by atoms with Crippen molar-refractivity contribution in [3.8, 4) is 0 Å². The van der Waals surface area contributed by atoms with E-state index in [2.05, 4.69) is 18.8 Å². The van der Waals surface area contributed by atoms with Crippen LogP contribution in [0.1, 0.15) is 43.0 Å². The molecular weight excluding hydrogens is 261 g/mol. The fourth-order valence-corrected chi connectivity index (χ4v) is 3.92. The molecule has 6 heteroatoms. The summed E-state index contributed by atoms with van der Waals surface area (Å²) in [6.45, 7) is 4.20. The van der Waals surface area contributed by atoms with Crippen LogP contribution in [0, 0.1) is 11.8 Å². The molecule has 1 aliphatic carbocycles. The summed E-state index contributed by atoms with van der Waals surface area (Å²) < 4.78 is 37.7. The van der Waals surface area contributed by atoms with Gasteiger partial charge in [0.15, 0.2) is 5.01 Å². The quantitative estimate of drug-likeness (QED) is 0.849. The van der Waals surface area contributed by atoms with E-state index < -0.39 is 16.7 Å². The van der Waals surface area contributed by atoms with E-state index in [1.165, 1.54) is 6.20 Å². The van der Waals surface area contributed by atoms with Gasteiger partial charge in [-0.3, -0.25) is 0 Å². The zero-order valence-corrected chi connectivity index (χ0v) is 11.2. The summed E-state index contributed by atoms with van der Waals surface area (Å²) in [7, 11) is 0. The summed E-state index contributed by atoms with van der Waals surface area (Å²) in [5.74, 6) is 0.880. The molecule has 102 valence electrons. The Hall–Kier alpha value is -0.620. The highest BCUT2D eigenvalue weighted by Crippen LogP contribution is 2.44. The summed E-state index contributed by atoms with van der Waals surface area (Å²) in [5, 5.41) is -0.798. The molecule has 0 aromatic carbocycles. The predicted molar refractivity (Wildman–Crippen MR) is 65.2 cm³/mol. The van der Waals surface area contributed by atoms with Crippen molar-refractivity contribution in [2.45, 2.75) is 44.8 Å². The molecule has 1 aromatic rings. The number of rotatable bonds is 1. The predicted octanol–water partition coefficient (Wildman–Crippen LogP) is 3.77. The second-order valence-electron chi connectivity index (χ2n) is 5.54. The van der Waals surface area contributed by atoms with E-state index in [0.29, 0.717) is 28.0 Å². The maximum atomic E-state index is 12.6. The molecule has 18 heavy (non-hydrogen) atoms. The third kappa shape index (κ3) is 2.69. The number of hydrogen-bond acceptors (Lipinski definition) is 3. The summed E-state index contributed by atoms with van der Waals surface area (Å²) in [5.41, 5.74) is 5.68. The van der Waals surface area contributed by atoms with Crippen molar-refractivity contribution in [3.63, 3.8) is 0 Å². The second kappa shape index (κ2) is 4.49. The maximum Gasteiger partial charge on any atom is 0.443 e. The van der Waals surface area contributed by atoms with E-state index in [-0.39, 0.29) is 0 Å². The Labute approximate surface area is 108 Å². The van der Waals surface area contributed by atoms with Gasteiger partial charge in [0.05, 0.1) is 5.54 Å². The largest absolute Gasteiger partial charge is 0.443 e. The third-order valence-corrected chi connectivity index (χ3v) is 4.73. The fraction of sp³-hybridized carbons (Fsp3) is 0.750. The highest BCUT2D eigenvalue weighted by atomic mass is 32.1. The molecule has 2 nitrogen and oxygen atoms in total. The normalized spacial score (nSPS) is 33.7. The standard InChI is InChI=1S/C12H17F3N2S/c1-7-3-8(2)5-11(16,4-7)9-6-17-10(18-9)12(13,14)15/h6-8H,3-5,16H2,1-2H3. The van der Waals surface area contributed by atoms with Crippen molar-refractivity contribution >= 4 is 11.3 Å². The van der Waals surface area contributed by atoms with Crippen LogP contribution in [0.5, 0.6) is 0 Å². The van der Waals surface area contributed by atoms with E-state index in [0.717, 1.165) is 19.3 Å². The van der Waals surface area contributed by atoms with E-state index in [1.807, 2.05) is 0 Å². The number of nitrogens with two attached hydrogens (primary N) is 1. The van der Waals surface area contributed by atoms with Crippen LogP contribution in [-0.2, 0) is 11.7 Å². The van der Waals surface area contributed by atoms with Crippen molar-refractivity contribution in [2.75, 3.05) is 0 Å². The van der Waals surface area contributed by atoms with Gasteiger partial charge < -0.3 is 5.73 Å². The Bertz CT molecular complexity index is 417. The van der Waals surface area contributed by atoms with Crippen molar-refractivity contribution in [1.29, 1.82) is 0 Å². The number of aromatic nitrogens is 1. The molecule has 2 N–H and O–H groups in total. The van der Waals surface area contributed by atoms with E-state index in [9.17, 15) is 13.2 Å². The number of hydrogen-bond donors (Lipinski definition) is 1. The number of halogens is 3. The molecule has 1 saturated carbocycles. The molecule has 0 saturated heterocycles. The van der Waals surface area contributed by atoms with E-state index in [1.54, 1.807) is 0 Å². The zero-order chi connectivity index (χ0) is 13.6. The first kappa shape index (κ1) is 13.8. The minimum atomic E-state index is -4.37. The SMILES string of the molecule is CC1CC(C)CC(N)(c2cnc(C(F)(F)F)s2)C1. The molecule has 0 bridgehead atoms. The zero-order valence-electron chi connectivity index (χ0n) is 10.4. The number of thiazole rings is 1. The Balaban J connectivity index is 2.27. The van der Waals surface area contributed by atoms with Gasteiger partial charge in [0.2, 0.25) is 0 Å². The van der Waals surface area contributed by atoms with Crippen LogP contribution < -0.4 is 5.73 Å². The molecule has 1 aromatic heterocycles. The molecule has 2 rings (SSSR count). The molecule has 0 radical (unpaired) electrons. The molecular formula is C12H17F3N2S. The average Bonchev–Trinajstić information content (AvgIpc) is 2.62. The molecule has 0 spiro atoms. The van der Waals surface area contributed by atoms with Gasteiger partial charge in [0, 0.05) is 11.1 Å². The monoisotopic (exact) mass is 278 g/mol.